The van der Waals surface area contributed by atoms with Gasteiger partial charge in [0.1, 0.15) is 0 Å². The maximum atomic E-state index is 11.3. The van der Waals surface area contributed by atoms with E-state index in [2.05, 4.69) is 12.2 Å². The summed E-state index contributed by atoms with van der Waals surface area (Å²) in [6.45, 7) is 3.19. The van der Waals surface area contributed by atoms with E-state index in [9.17, 15) is 9.59 Å². The molecule has 0 bridgehead atoms. The van der Waals surface area contributed by atoms with Crippen LogP contribution in [0.4, 0.5) is 0 Å². The van der Waals surface area contributed by atoms with Crippen LogP contribution in [-0.4, -0.2) is 25.0 Å². The lowest BCUT2D eigenvalue weighted by Crippen LogP contribution is -2.26. The van der Waals surface area contributed by atoms with Gasteiger partial charge in [-0.15, -0.1) is 0 Å². The summed E-state index contributed by atoms with van der Waals surface area (Å²) in [6.07, 6.45) is 7.67. The minimum Gasteiger partial charge on any atom is -0.376 e. The molecule has 0 aromatic rings. The van der Waals surface area contributed by atoms with Gasteiger partial charge in [-0.1, -0.05) is 32.6 Å². The average molecular weight is 251 g/mol. The number of ether oxygens (including phenoxy) is 1. The van der Waals surface area contributed by atoms with Crippen molar-refractivity contribution in [1.29, 1.82) is 0 Å². The summed E-state index contributed by atoms with van der Waals surface area (Å²) >= 11 is 0. The second-order valence-electron chi connectivity index (χ2n) is 5.22. The predicted octanol–water partition coefficient (Wildman–Crippen LogP) is 1.80. The lowest BCUT2D eigenvalue weighted by molar-refractivity contribution is -0.124. The van der Waals surface area contributed by atoms with Crippen LogP contribution >= 0.6 is 0 Å². The monoisotopic (exact) mass is 251 g/mol. The number of hydrogen-bond donors (Lipinski definition) is 1. The van der Waals surface area contributed by atoms with Gasteiger partial charge < -0.3 is 4.74 Å². The molecule has 1 N–H and O–H groups in total. The van der Waals surface area contributed by atoms with Crippen LogP contribution in [0.3, 0.4) is 0 Å². The van der Waals surface area contributed by atoms with Crippen molar-refractivity contribution in [3.05, 3.63) is 11.6 Å². The molecule has 0 radical (unpaired) electrons. The molecular formula is C14H21NO3. The Kier molecular flexibility index (Phi) is 4.53. The number of carbonyl (C=O) groups excluding carboxylic acids is 2. The first-order valence-corrected chi connectivity index (χ1v) is 6.84. The molecule has 2 aliphatic rings. The minimum atomic E-state index is -0.331. The Morgan fingerprint density at radius 1 is 1.28 bits per heavy atom. The third-order valence-electron chi connectivity index (χ3n) is 4.01. The number of nitrogens with one attached hydrogen (secondary N) is 1. The molecule has 2 rings (SSSR count). The molecule has 1 aliphatic heterocycles. The van der Waals surface area contributed by atoms with Gasteiger partial charge in [0.2, 0.25) is 0 Å². The highest BCUT2D eigenvalue weighted by Gasteiger charge is 2.25. The standard InChI is InChI=1S/C14H21NO3/c1-2-10-5-3-4-6-11(10)8-18-9-12-7-13(16)15-14(12)17/h7,10-11H,2-6,8-9H2,1H3,(H,15,16,17)/t10?,11-/m1/s1. The van der Waals surface area contributed by atoms with E-state index < -0.39 is 0 Å². The molecule has 1 fully saturated rings. The summed E-state index contributed by atoms with van der Waals surface area (Å²) in [5, 5.41) is 2.22. The zero-order valence-corrected chi connectivity index (χ0v) is 10.9. The van der Waals surface area contributed by atoms with Gasteiger partial charge in [-0.3, -0.25) is 14.9 Å². The number of hydrogen-bond acceptors (Lipinski definition) is 3. The van der Waals surface area contributed by atoms with Gasteiger partial charge in [0.15, 0.2) is 0 Å². The molecule has 4 heteroatoms. The van der Waals surface area contributed by atoms with Crippen LogP contribution < -0.4 is 5.32 Å². The number of rotatable bonds is 5. The topological polar surface area (TPSA) is 55.4 Å². The van der Waals surface area contributed by atoms with Gasteiger partial charge in [0.25, 0.3) is 11.8 Å². The van der Waals surface area contributed by atoms with Crippen LogP contribution in [0.25, 0.3) is 0 Å². The van der Waals surface area contributed by atoms with Crippen molar-refractivity contribution in [2.45, 2.75) is 39.0 Å². The van der Waals surface area contributed by atoms with Crippen molar-refractivity contribution in [3.63, 3.8) is 0 Å². The molecule has 2 amide bonds. The van der Waals surface area contributed by atoms with Crippen LogP contribution in [0.1, 0.15) is 39.0 Å². The zero-order chi connectivity index (χ0) is 13.0. The lowest BCUT2D eigenvalue weighted by atomic mass is 9.78. The van der Waals surface area contributed by atoms with Gasteiger partial charge in [0.05, 0.1) is 13.2 Å². The smallest absolute Gasteiger partial charge is 0.256 e. The summed E-state index contributed by atoms with van der Waals surface area (Å²) in [7, 11) is 0. The van der Waals surface area contributed by atoms with Crippen LogP contribution in [0, 0.1) is 11.8 Å². The van der Waals surface area contributed by atoms with E-state index in [1.807, 2.05) is 0 Å². The van der Waals surface area contributed by atoms with Crippen LogP contribution in [0.2, 0.25) is 0 Å². The van der Waals surface area contributed by atoms with Gasteiger partial charge >= 0.3 is 0 Å². The predicted molar refractivity (Wildman–Crippen MR) is 67.8 cm³/mol. The van der Waals surface area contributed by atoms with Crippen molar-refractivity contribution in [1.82, 2.24) is 5.32 Å². The zero-order valence-electron chi connectivity index (χ0n) is 10.9. The first-order chi connectivity index (χ1) is 8.70. The Balaban J connectivity index is 1.76. The molecule has 1 aliphatic carbocycles. The maximum absolute atomic E-state index is 11.3. The molecule has 0 aromatic heterocycles. The molecule has 1 heterocycles. The molecule has 4 nitrogen and oxygen atoms in total. The Bertz CT molecular complexity index is 362. The number of carbonyl (C=O) groups is 2. The van der Waals surface area contributed by atoms with Gasteiger partial charge in [-0.05, 0) is 18.3 Å². The Hall–Kier alpha value is -1.16. The van der Waals surface area contributed by atoms with Crippen LogP contribution in [0.15, 0.2) is 11.6 Å². The normalized spacial score (nSPS) is 28.2. The molecule has 1 saturated carbocycles. The SMILES string of the molecule is CCC1CCCC[C@@H]1COCC1=CC(=O)NC1=O. The summed E-state index contributed by atoms with van der Waals surface area (Å²) in [5.41, 5.74) is 0.448. The third-order valence-corrected chi connectivity index (χ3v) is 4.01. The highest BCUT2D eigenvalue weighted by atomic mass is 16.5. The van der Waals surface area contributed by atoms with Crippen LogP contribution in [-0.2, 0) is 14.3 Å². The summed E-state index contributed by atoms with van der Waals surface area (Å²) in [4.78, 5) is 22.3. The van der Waals surface area contributed by atoms with E-state index in [0.29, 0.717) is 18.1 Å². The lowest BCUT2D eigenvalue weighted by Gasteiger charge is -2.30. The highest BCUT2D eigenvalue weighted by Crippen LogP contribution is 2.32. The third kappa shape index (κ3) is 3.19. The fourth-order valence-electron chi connectivity index (χ4n) is 2.92. The second-order valence-corrected chi connectivity index (χ2v) is 5.22. The maximum Gasteiger partial charge on any atom is 0.256 e. The van der Waals surface area contributed by atoms with Crippen molar-refractivity contribution in [3.8, 4) is 0 Å². The summed E-state index contributed by atoms with van der Waals surface area (Å²) in [5.74, 6) is 0.731. The van der Waals surface area contributed by atoms with Gasteiger partial charge in [-0.25, -0.2) is 0 Å². The number of imide groups is 1. The Morgan fingerprint density at radius 3 is 2.61 bits per heavy atom. The fourth-order valence-corrected chi connectivity index (χ4v) is 2.92. The van der Waals surface area contributed by atoms with Gasteiger partial charge in [-0.2, -0.15) is 0 Å². The van der Waals surface area contributed by atoms with E-state index in [1.54, 1.807) is 0 Å². The van der Waals surface area contributed by atoms with E-state index >= 15 is 0 Å². The van der Waals surface area contributed by atoms with E-state index in [0.717, 1.165) is 5.92 Å². The van der Waals surface area contributed by atoms with Crippen molar-refractivity contribution in [2.75, 3.05) is 13.2 Å². The molecule has 0 spiro atoms. The van der Waals surface area contributed by atoms with E-state index in [-0.39, 0.29) is 18.4 Å². The molecule has 0 saturated heterocycles. The minimum absolute atomic E-state index is 0.254. The summed E-state index contributed by atoms with van der Waals surface area (Å²) in [6, 6.07) is 0. The largest absolute Gasteiger partial charge is 0.376 e. The van der Waals surface area contributed by atoms with Gasteiger partial charge in [0, 0.05) is 11.6 Å². The Labute approximate surface area is 108 Å². The average Bonchev–Trinajstić information content (AvgIpc) is 2.68. The molecule has 18 heavy (non-hydrogen) atoms. The molecule has 0 aromatic carbocycles. The van der Waals surface area contributed by atoms with Crippen molar-refractivity contribution in [2.24, 2.45) is 11.8 Å². The summed E-state index contributed by atoms with van der Waals surface area (Å²) < 4.78 is 5.63. The Morgan fingerprint density at radius 2 is 2.00 bits per heavy atom. The van der Waals surface area contributed by atoms with E-state index in [4.69, 9.17) is 4.74 Å². The molecule has 2 atom stereocenters. The van der Waals surface area contributed by atoms with Crippen LogP contribution in [0.5, 0.6) is 0 Å². The van der Waals surface area contributed by atoms with Crippen molar-refractivity contribution >= 4 is 11.8 Å². The van der Waals surface area contributed by atoms with Crippen molar-refractivity contribution < 1.29 is 14.3 Å². The van der Waals surface area contributed by atoms with E-state index in [1.165, 1.54) is 38.2 Å². The first-order valence-electron chi connectivity index (χ1n) is 6.84. The second kappa shape index (κ2) is 6.14. The molecular weight excluding hydrogens is 230 g/mol. The first kappa shape index (κ1) is 13.3. The number of amides is 2. The fraction of sp³-hybridized carbons (Fsp3) is 0.714. The molecule has 1 unspecified atom stereocenters. The quantitative estimate of drug-likeness (QED) is 0.758. The molecule has 100 valence electrons. The highest BCUT2D eigenvalue weighted by molar-refractivity contribution is 6.16.